The highest BCUT2D eigenvalue weighted by atomic mass is 16.7. The molecule has 2 aliphatic heterocycles. The first kappa shape index (κ1) is 38.7. The molecule has 4 saturated carbocycles. The van der Waals surface area contributed by atoms with Crippen molar-refractivity contribution in [2.75, 3.05) is 37.6 Å². The van der Waals surface area contributed by atoms with Crippen molar-refractivity contribution in [3.05, 3.63) is 129 Å². The number of piperazine rings is 1. The van der Waals surface area contributed by atoms with Crippen LogP contribution in [0.25, 0.3) is 11.1 Å². The smallest absolute Gasteiger partial charge is 0.315 e. The molecule has 4 aliphatic carbocycles. The second-order valence-corrected chi connectivity index (χ2v) is 17.7. The Labute approximate surface area is 340 Å². The Morgan fingerprint density at radius 3 is 2.10 bits per heavy atom. The first-order chi connectivity index (χ1) is 28.2. The molecule has 0 spiro atoms. The normalized spacial score (nSPS) is 29.3. The molecule has 4 aromatic rings. The van der Waals surface area contributed by atoms with Crippen LogP contribution < -0.4 is 15.5 Å². The third-order valence-electron chi connectivity index (χ3n) is 13.7. The van der Waals surface area contributed by atoms with E-state index >= 15 is 0 Å². The van der Waals surface area contributed by atoms with Gasteiger partial charge in [0, 0.05) is 74.1 Å². The SMILES string of the molecule is CC1C(CN2CCN(c3ccc([N+](=O)[O-])cc3)CC2)OC(c2ccc(-c3cccc(CNC(=O)NC45CC6CC(CC(C6)C4)C5)c3)cc2)OC1c1ccc(CO)cc1. The first-order valence-corrected chi connectivity index (χ1v) is 21.2. The maximum Gasteiger partial charge on any atom is 0.315 e. The van der Waals surface area contributed by atoms with Gasteiger partial charge >= 0.3 is 6.03 Å². The molecule has 3 N–H and O–H groups in total. The zero-order valence-corrected chi connectivity index (χ0v) is 33.3. The van der Waals surface area contributed by atoms with Crippen molar-refractivity contribution in [1.82, 2.24) is 15.5 Å². The highest BCUT2D eigenvalue weighted by molar-refractivity contribution is 5.75. The predicted octanol–water partition coefficient (Wildman–Crippen LogP) is 8.14. The number of anilines is 1. The number of nitro benzene ring substituents is 1. The standard InChI is InChI=1S/C47H55N5O6/c1-31-43(29-50-17-19-51(20-18-50)41-13-15-42(16-14-41)52(55)56)57-45(58-44(31)38-7-5-32(30-53)6-8-38)39-11-9-37(10-12-39)40-4-2-3-33(24-40)28-48-46(54)49-47-25-34-21-35(26-47)23-36(22-34)27-47/h2-16,24,31,34-36,43-45,53H,17-23,25-30H2,1H3,(H2,48,49,54). The number of carbonyl (C=O) groups is 1. The van der Waals surface area contributed by atoms with Gasteiger partial charge in [0.15, 0.2) is 6.29 Å². The predicted molar refractivity (Wildman–Crippen MR) is 223 cm³/mol. The van der Waals surface area contributed by atoms with E-state index in [4.69, 9.17) is 9.47 Å². The molecular formula is C47H55N5O6. The number of aliphatic hydroxyl groups excluding tert-OH is 1. The Morgan fingerprint density at radius 2 is 1.47 bits per heavy atom. The lowest BCUT2D eigenvalue weighted by Gasteiger charge is -2.56. The van der Waals surface area contributed by atoms with E-state index in [1.54, 1.807) is 12.1 Å². The molecule has 11 heteroatoms. The molecule has 0 radical (unpaired) electrons. The number of amides is 2. The summed E-state index contributed by atoms with van der Waals surface area (Å²) in [6.45, 7) is 6.74. The van der Waals surface area contributed by atoms with Crippen LogP contribution in [0.1, 0.15) is 80.1 Å². The summed E-state index contributed by atoms with van der Waals surface area (Å²) in [4.78, 5) is 28.6. The number of nitrogens with zero attached hydrogens (tertiary/aromatic N) is 3. The van der Waals surface area contributed by atoms with Crippen molar-refractivity contribution in [3.8, 4) is 11.1 Å². The van der Waals surface area contributed by atoms with E-state index < -0.39 is 6.29 Å². The number of aliphatic hydroxyl groups is 1. The Hall–Kier alpha value is -4.81. The molecule has 4 aromatic carbocycles. The second-order valence-electron chi connectivity index (χ2n) is 17.7. The highest BCUT2D eigenvalue weighted by Gasteiger charge is 2.51. The van der Waals surface area contributed by atoms with Crippen LogP contribution in [-0.4, -0.2) is 65.3 Å². The van der Waals surface area contributed by atoms with Crippen molar-refractivity contribution >= 4 is 17.4 Å². The van der Waals surface area contributed by atoms with E-state index in [-0.39, 0.29) is 46.9 Å². The molecule has 10 rings (SSSR count). The van der Waals surface area contributed by atoms with Gasteiger partial charge in [-0.1, -0.05) is 73.7 Å². The van der Waals surface area contributed by atoms with Crippen LogP contribution >= 0.6 is 0 Å². The van der Waals surface area contributed by atoms with Crippen LogP contribution in [0.4, 0.5) is 16.2 Å². The lowest BCUT2D eigenvalue weighted by molar-refractivity contribution is -0.384. The Kier molecular flexibility index (Phi) is 11.0. The summed E-state index contributed by atoms with van der Waals surface area (Å²) >= 11 is 0. The van der Waals surface area contributed by atoms with E-state index in [9.17, 15) is 20.0 Å². The van der Waals surface area contributed by atoms with Crippen LogP contribution in [-0.2, 0) is 22.6 Å². The third-order valence-corrected chi connectivity index (χ3v) is 13.7. The van der Waals surface area contributed by atoms with Gasteiger partial charge in [-0.3, -0.25) is 15.0 Å². The number of carbonyl (C=O) groups excluding carboxylic acids is 1. The number of hydrogen-bond acceptors (Lipinski definition) is 8. The molecule has 2 saturated heterocycles. The van der Waals surface area contributed by atoms with Crippen LogP contribution in [0, 0.1) is 33.8 Å². The van der Waals surface area contributed by atoms with E-state index in [0.717, 1.165) is 109 Å². The largest absolute Gasteiger partial charge is 0.392 e. The van der Waals surface area contributed by atoms with Gasteiger partial charge in [-0.25, -0.2) is 4.79 Å². The molecular weight excluding hydrogens is 731 g/mol. The zero-order valence-electron chi connectivity index (χ0n) is 33.3. The van der Waals surface area contributed by atoms with Gasteiger partial charge < -0.3 is 30.1 Å². The minimum absolute atomic E-state index is 0.00886. The topological polar surface area (TPSA) is 129 Å². The summed E-state index contributed by atoms with van der Waals surface area (Å²) in [5.74, 6) is 2.42. The number of rotatable bonds is 11. The minimum Gasteiger partial charge on any atom is -0.392 e. The van der Waals surface area contributed by atoms with Crippen molar-refractivity contribution in [3.63, 3.8) is 0 Å². The minimum atomic E-state index is -0.567. The van der Waals surface area contributed by atoms with E-state index in [2.05, 4.69) is 75.9 Å². The molecule has 6 fully saturated rings. The molecule has 4 unspecified atom stereocenters. The van der Waals surface area contributed by atoms with Crippen LogP contribution in [0.5, 0.6) is 0 Å². The molecule has 6 aliphatic rings. The molecule has 2 amide bonds. The van der Waals surface area contributed by atoms with E-state index in [0.29, 0.717) is 6.54 Å². The number of urea groups is 1. The Morgan fingerprint density at radius 1 is 0.810 bits per heavy atom. The van der Waals surface area contributed by atoms with Gasteiger partial charge in [-0.15, -0.1) is 0 Å². The summed E-state index contributed by atoms with van der Waals surface area (Å²) in [5, 5.41) is 27.4. The zero-order chi connectivity index (χ0) is 39.8. The lowest BCUT2D eigenvalue weighted by atomic mass is 9.53. The lowest BCUT2D eigenvalue weighted by Crippen LogP contribution is -2.61. The molecule has 304 valence electrons. The molecule has 0 aromatic heterocycles. The molecule has 4 atom stereocenters. The fourth-order valence-corrected chi connectivity index (χ4v) is 11.0. The van der Waals surface area contributed by atoms with Crippen molar-refractivity contribution < 1.29 is 24.3 Å². The van der Waals surface area contributed by atoms with Gasteiger partial charge in [-0.2, -0.15) is 0 Å². The maximum atomic E-state index is 13.2. The summed E-state index contributed by atoms with van der Waals surface area (Å²) in [6.07, 6.45) is 6.60. The molecule has 11 nitrogen and oxygen atoms in total. The monoisotopic (exact) mass is 785 g/mol. The Balaban J connectivity index is 0.851. The quantitative estimate of drug-likeness (QED) is 0.103. The number of benzene rings is 4. The summed E-state index contributed by atoms with van der Waals surface area (Å²) in [7, 11) is 0. The average molecular weight is 786 g/mol. The van der Waals surface area contributed by atoms with Gasteiger partial charge in [-0.05, 0) is 102 Å². The Bertz CT molecular complexity index is 2030. The fourth-order valence-electron chi connectivity index (χ4n) is 11.0. The highest BCUT2D eigenvalue weighted by Crippen LogP contribution is 2.55. The number of hydrogen-bond donors (Lipinski definition) is 3. The second kappa shape index (κ2) is 16.4. The number of ether oxygens (including phenoxy) is 2. The third kappa shape index (κ3) is 8.36. The average Bonchev–Trinajstić information content (AvgIpc) is 3.23. The van der Waals surface area contributed by atoms with Gasteiger partial charge in [0.25, 0.3) is 5.69 Å². The molecule has 4 bridgehead atoms. The van der Waals surface area contributed by atoms with Crippen molar-refractivity contribution in [2.24, 2.45) is 23.7 Å². The van der Waals surface area contributed by atoms with Gasteiger partial charge in [0.05, 0.1) is 23.7 Å². The van der Waals surface area contributed by atoms with Crippen molar-refractivity contribution in [1.29, 1.82) is 0 Å². The summed E-state index contributed by atoms with van der Waals surface area (Å²) in [5.41, 5.74) is 7.16. The van der Waals surface area contributed by atoms with E-state index in [1.807, 2.05) is 36.4 Å². The molecule has 58 heavy (non-hydrogen) atoms. The summed E-state index contributed by atoms with van der Waals surface area (Å²) < 4.78 is 13.6. The van der Waals surface area contributed by atoms with E-state index in [1.165, 1.54) is 19.3 Å². The number of nitrogens with one attached hydrogen (secondary N) is 2. The van der Waals surface area contributed by atoms with Gasteiger partial charge in [0.2, 0.25) is 0 Å². The number of nitro groups is 1. The van der Waals surface area contributed by atoms with Crippen LogP contribution in [0.15, 0.2) is 97.1 Å². The maximum absolute atomic E-state index is 13.2. The van der Waals surface area contributed by atoms with Gasteiger partial charge in [0.1, 0.15) is 0 Å². The fraction of sp³-hybridized carbons (Fsp3) is 0.468. The molecule has 2 heterocycles. The number of non-ortho nitro benzene ring substituents is 1. The summed E-state index contributed by atoms with van der Waals surface area (Å²) in [6, 6.07) is 31.5. The van der Waals surface area contributed by atoms with Crippen molar-refractivity contribution in [2.45, 2.75) is 82.6 Å². The first-order valence-electron chi connectivity index (χ1n) is 21.2. The van der Waals surface area contributed by atoms with Crippen LogP contribution in [0.3, 0.4) is 0 Å². The van der Waals surface area contributed by atoms with Crippen LogP contribution in [0.2, 0.25) is 0 Å².